The highest BCUT2D eigenvalue weighted by atomic mass is 15.1. The van der Waals surface area contributed by atoms with Crippen LogP contribution >= 0.6 is 0 Å². The molecule has 0 saturated heterocycles. The van der Waals surface area contributed by atoms with Crippen LogP contribution in [0.4, 0.5) is 34.1 Å². The van der Waals surface area contributed by atoms with Crippen LogP contribution in [-0.2, 0) is 0 Å². The van der Waals surface area contributed by atoms with Crippen LogP contribution in [0.2, 0.25) is 0 Å². The number of hydrogen-bond donors (Lipinski definition) is 0. The molecule has 8 heteroatoms. The average molecular weight is 949 g/mol. The highest BCUT2D eigenvalue weighted by Crippen LogP contribution is 2.41. The molecule has 0 unspecified atom stereocenters. The van der Waals surface area contributed by atoms with Gasteiger partial charge in [-0.1, -0.05) is 133 Å². The Kier molecular flexibility index (Phi) is 10.3. The summed E-state index contributed by atoms with van der Waals surface area (Å²) in [5, 5.41) is 4.74. The number of fused-ring (bicyclic) bond motifs is 5. The third-order valence-electron chi connectivity index (χ3n) is 13.9. The number of nitrogens with zero attached hydrogens (tertiary/aromatic N) is 8. The summed E-state index contributed by atoms with van der Waals surface area (Å²) in [5.74, 6) is 0. The molecular formula is C66H44N8. The minimum absolute atomic E-state index is 0.811. The zero-order chi connectivity index (χ0) is 49.0. The molecule has 9 aromatic carbocycles. The predicted octanol–water partition coefficient (Wildman–Crippen LogP) is 16.8. The normalized spacial score (nSPS) is 11.5. The highest BCUT2D eigenvalue weighted by Gasteiger charge is 2.20. The fraction of sp³-hybridized carbons (Fsp3) is 0. The Morgan fingerprint density at radius 1 is 0.270 bits per heavy atom. The Balaban J connectivity index is 0.832. The molecule has 0 radical (unpaired) electrons. The van der Waals surface area contributed by atoms with Crippen molar-refractivity contribution >= 4 is 78.0 Å². The molecular weight excluding hydrogens is 905 g/mol. The topological polar surface area (TPSA) is 66.9 Å². The number of hydrogen-bond acceptors (Lipinski definition) is 6. The van der Waals surface area contributed by atoms with Gasteiger partial charge in [-0.05, 0) is 131 Å². The zero-order valence-corrected chi connectivity index (χ0v) is 40.0. The van der Waals surface area contributed by atoms with Gasteiger partial charge in [-0.15, -0.1) is 0 Å². The standard InChI is InChI=1S/C66H44N8/c1-3-13-51-41-57(37-19-45(51)11-1)73(53-29-21-47(22-30-53)61-43-71-39-9-7-17-63(71)67-61)55-33-25-49(26-34-55)65-66(70-60-16-6-5-15-59(60)69-65)50-27-35-56(36-28-50)74(58-38-20-46-12-2-4-14-52(46)42-58)54-31-23-48(24-32-54)62-44-72-40-10-8-18-64(72)68-62/h1-44H. The Hall–Kier alpha value is -10.2. The van der Waals surface area contributed by atoms with Gasteiger partial charge in [-0.25, -0.2) is 19.9 Å². The maximum atomic E-state index is 5.33. The Labute approximate surface area is 427 Å². The third kappa shape index (κ3) is 7.84. The first-order valence-electron chi connectivity index (χ1n) is 24.8. The monoisotopic (exact) mass is 948 g/mol. The first-order valence-corrected chi connectivity index (χ1v) is 24.8. The molecule has 0 aliphatic heterocycles. The first kappa shape index (κ1) is 42.7. The van der Waals surface area contributed by atoms with E-state index in [1.54, 1.807) is 0 Å². The molecule has 0 spiro atoms. The molecule has 74 heavy (non-hydrogen) atoms. The van der Waals surface area contributed by atoms with Gasteiger partial charge in [0.05, 0.1) is 33.8 Å². The smallest absolute Gasteiger partial charge is 0.137 e. The zero-order valence-electron chi connectivity index (χ0n) is 40.0. The van der Waals surface area contributed by atoms with E-state index in [1.165, 1.54) is 21.5 Å². The lowest BCUT2D eigenvalue weighted by Crippen LogP contribution is -2.10. The quantitative estimate of drug-likeness (QED) is 0.136. The predicted molar refractivity (Wildman–Crippen MR) is 303 cm³/mol. The molecule has 0 aliphatic carbocycles. The van der Waals surface area contributed by atoms with Crippen LogP contribution in [0.5, 0.6) is 0 Å². The second-order valence-electron chi connectivity index (χ2n) is 18.5. The number of anilines is 6. The maximum Gasteiger partial charge on any atom is 0.137 e. The van der Waals surface area contributed by atoms with Gasteiger partial charge in [0.15, 0.2) is 0 Å². The largest absolute Gasteiger partial charge is 0.310 e. The molecule has 0 atom stereocenters. The summed E-state index contributed by atoms with van der Waals surface area (Å²) in [7, 11) is 0. The van der Waals surface area contributed by atoms with Gasteiger partial charge in [0, 0.05) is 81.2 Å². The number of imidazole rings is 2. The summed E-state index contributed by atoms with van der Waals surface area (Å²) in [4.78, 5) is 25.1. The van der Waals surface area contributed by atoms with Crippen LogP contribution in [0.25, 0.3) is 88.9 Å². The van der Waals surface area contributed by atoms with Crippen molar-refractivity contribution in [1.29, 1.82) is 0 Å². The van der Waals surface area contributed by atoms with Crippen molar-refractivity contribution in [3.05, 3.63) is 267 Å². The van der Waals surface area contributed by atoms with E-state index in [-0.39, 0.29) is 0 Å². The van der Waals surface area contributed by atoms with Crippen LogP contribution in [-0.4, -0.2) is 28.7 Å². The van der Waals surface area contributed by atoms with Gasteiger partial charge in [0.2, 0.25) is 0 Å². The van der Waals surface area contributed by atoms with Crippen LogP contribution in [0.15, 0.2) is 267 Å². The van der Waals surface area contributed by atoms with Gasteiger partial charge >= 0.3 is 0 Å². The molecule has 0 bridgehead atoms. The summed E-state index contributed by atoms with van der Waals surface area (Å²) in [6.07, 6.45) is 8.21. The van der Waals surface area contributed by atoms with Crippen molar-refractivity contribution in [2.75, 3.05) is 9.80 Å². The van der Waals surface area contributed by atoms with E-state index in [4.69, 9.17) is 19.9 Å². The van der Waals surface area contributed by atoms with Gasteiger partial charge in [-0.3, -0.25) is 0 Å². The summed E-state index contributed by atoms with van der Waals surface area (Å²) >= 11 is 0. The van der Waals surface area contributed by atoms with Gasteiger partial charge in [0.25, 0.3) is 0 Å². The summed E-state index contributed by atoms with van der Waals surface area (Å²) in [5.41, 5.74) is 17.3. The van der Waals surface area contributed by atoms with Crippen LogP contribution < -0.4 is 9.80 Å². The number of rotatable bonds is 10. The number of pyridine rings is 2. The summed E-state index contributed by atoms with van der Waals surface area (Å²) < 4.78 is 4.11. The second-order valence-corrected chi connectivity index (χ2v) is 18.5. The van der Waals surface area contributed by atoms with E-state index < -0.39 is 0 Å². The minimum Gasteiger partial charge on any atom is -0.310 e. The maximum absolute atomic E-state index is 5.33. The van der Waals surface area contributed by atoms with Crippen molar-refractivity contribution in [2.24, 2.45) is 0 Å². The highest BCUT2D eigenvalue weighted by molar-refractivity contribution is 5.93. The fourth-order valence-corrected chi connectivity index (χ4v) is 10.2. The van der Waals surface area contributed by atoms with Crippen molar-refractivity contribution < 1.29 is 0 Å². The lowest BCUT2D eigenvalue weighted by molar-refractivity contribution is 1.19. The minimum atomic E-state index is 0.811. The SMILES string of the molecule is c1ccc2cc(N(c3ccc(-c4cn5ccccc5n4)cc3)c3ccc(-c4nc5ccccc5nc4-c4ccc(N(c5ccc(-c6cn7ccccc7n6)cc5)c5ccc6ccccc6c5)cc4)cc3)ccc2c1. The Morgan fingerprint density at radius 2 is 0.608 bits per heavy atom. The molecule has 5 heterocycles. The van der Waals surface area contributed by atoms with E-state index in [0.717, 1.165) is 101 Å². The van der Waals surface area contributed by atoms with E-state index >= 15 is 0 Å². The molecule has 0 aliphatic rings. The molecule has 14 aromatic rings. The van der Waals surface area contributed by atoms with Crippen molar-refractivity contribution in [2.45, 2.75) is 0 Å². The van der Waals surface area contributed by atoms with Gasteiger partial charge in [0.1, 0.15) is 11.3 Å². The fourth-order valence-electron chi connectivity index (χ4n) is 10.2. The number of aromatic nitrogens is 6. The van der Waals surface area contributed by atoms with Crippen molar-refractivity contribution in [3.8, 4) is 45.0 Å². The average Bonchev–Trinajstić information content (AvgIpc) is 4.11. The summed E-state index contributed by atoms with van der Waals surface area (Å²) in [6, 6.07) is 85.3. The molecule has 8 nitrogen and oxygen atoms in total. The van der Waals surface area contributed by atoms with E-state index in [1.807, 2.05) is 73.1 Å². The Morgan fingerprint density at radius 3 is 1.00 bits per heavy atom. The van der Waals surface area contributed by atoms with E-state index in [2.05, 4.69) is 213 Å². The molecule has 5 aromatic heterocycles. The van der Waals surface area contributed by atoms with Crippen LogP contribution in [0.3, 0.4) is 0 Å². The van der Waals surface area contributed by atoms with Crippen LogP contribution in [0, 0.1) is 0 Å². The number of para-hydroxylation sites is 2. The lowest BCUT2D eigenvalue weighted by atomic mass is 10.0. The molecule has 0 N–H and O–H groups in total. The van der Waals surface area contributed by atoms with E-state index in [0.29, 0.717) is 0 Å². The molecule has 0 fully saturated rings. The Bertz CT molecular complexity index is 4020. The second kappa shape index (κ2) is 17.9. The first-order chi connectivity index (χ1) is 36.6. The molecule has 0 saturated carbocycles. The van der Waals surface area contributed by atoms with Gasteiger partial charge in [-0.2, -0.15) is 0 Å². The molecule has 348 valence electrons. The summed E-state index contributed by atoms with van der Waals surface area (Å²) in [6.45, 7) is 0. The molecule has 0 amide bonds. The van der Waals surface area contributed by atoms with Crippen molar-refractivity contribution in [1.82, 2.24) is 28.7 Å². The molecule has 14 rings (SSSR count). The lowest BCUT2D eigenvalue weighted by Gasteiger charge is -2.26. The van der Waals surface area contributed by atoms with E-state index in [9.17, 15) is 0 Å². The third-order valence-corrected chi connectivity index (χ3v) is 13.9. The van der Waals surface area contributed by atoms with Crippen molar-refractivity contribution in [3.63, 3.8) is 0 Å². The van der Waals surface area contributed by atoms with Crippen LogP contribution in [0.1, 0.15) is 0 Å². The number of benzene rings is 9. The van der Waals surface area contributed by atoms with Gasteiger partial charge < -0.3 is 18.6 Å².